The van der Waals surface area contributed by atoms with Gasteiger partial charge in [0.25, 0.3) is 0 Å². The number of hydrogen-bond acceptors (Lipinski definition) is 2. The monoisotopic (exact) mass is 228 g/mol. The van der Waals surface area contributed by atoms with Crippen molar-refractivity contribution in [2.45, 2.75) is 13.1 Å². The zero-order chi connectivity index (χ0) is 11.1. The fraction of sp³-hybridized carbons (Fsp3) is 0.286. The summed E-state index contributed by atoms with van der Waals surface area (Å²) in [4.78, 5) is 3.20. The maximum absolute atomic E-state index is 12.9. The van der Waals surface area contributed by atoms with Crippen LogP contribution in [0.15, 0.2) is 0 Å². The van der Waals surface area contributed by atoms with Crippen molar-refractivity contribution in [2.75, 3.05) is 5.73 Å². The molecule has 2 nitrogen and oxygen atoms in total. The molecule has 1 aromatic heterocycles. The van der Waals surface area contributed by atoms with E-state index < -0.39 is 34.1 Å². The van der Waals surface area contributed by atoms with Gasteiger partial charge in [-0.05, 0) is 6.92 Å². The van der Waals surface area contributed by atoms with E-state index in [2.05, 4.69) is 4.98 Å². The summed E-state index contributed by atoms with van der Waals surface area (Å²) in [7, 11) is 0. The van der Waals surface area contributed by atoms with Gasteiger partial charge in [0.15, 0.2) is 11.6 Å². The molecular formula is C7H5ClF4N2. The standard InChI is InChI=1S/C7H5ClF4N2/c1-2-3(7(10,11)12)4(8)5(9)6(13)14-2/h1H3,(H2,13,14). The second-order valence-corrected chi connectivity index (χ2v) is 2.96. The Kier molecular flexibility index (Phi) is 2.58. The number of halogens is 5. The van der Waals surface area contributed by atoms with Gasteiger partial charge in [0.2, 0.25) is 0 Å². The summed E-state index contributed by atoms with van der Waals surface area (Å²) in [6.07, 6.45) is -4.73. The van der Waals surface area contributed by atoms with Crippen molar-refractivity contribution in [3.63, 3.8) is 0 Å². The lowest BCUT2D eigenvalue weighted by atomic mass is 10.2. The van der Waals surface area contributed by atoms with Gasteiger partial charge in [-0.25, -0.2) is 9.37 Å². The van der Waals surface area contributed by atoms with Crippen molar-refractivity contribution >= 4 is 17.4 Å². The first-order chi connectivity index (χ1) is 6.25. The first-order valence-corrected chi connectivity index (χ1v) is 3.81. The lowest BCUT2D eigenvalue weighted by Crippen LogP contribution is -2.13. The third kappa shape index (κ3) is 1.75. The van der Waals surface area contributed by atoms with Crippen LogP contribution < -0.4 is 5.73 Å². The molecule has 0 radical (unpaired) electrons. The Morgan fingerprint density at radius 2 is 1.86 bits per heavy atom. The largest absolute Gasteiger partial charge is 0.419 e. The molecule has 0 unspecified atom stereocenters. The molecule has 0 atom stereocenters. The molecule has 0 aromatic carbocycles. The van der Waals surface area contributed by atoms with Crippen LogP contribution in [-0.2, 0) is 6.18 Å². The molecule has 78 valence electrons. The minimum Gasteiger partial charge on any atom is -0.381 e. The van der Waals surface area contributed by atoms with Crippen LogP contribution >= 0.6 is 11.6 Å². The quantitative estimate of drug-likeness (QED) is 0.694. The van der Waals surface area contributed by atoms with Crippen LogP contribution in [0.2, 0.25) is 5.02 Å². The number of pyridine rings is 1. The highest BCUT2D eigenvalue weighted by Crippen LogP contribution is 2.38. The van der Waals surface area contributed by atoms with Gasteiger partial charge in [-0.1, -0.05) is 11.6 Å². The molecule has 14 heavy (non-hydrogen) atoms. The van der Waals surface area contributed by atoms with Crippen molar-refractivity contribution < 1.29 is 17.6 Å². The number of aryl methyl sites for hydroxylation is 1. The average Bonchev–Trinajstić information content (AvgIpc) is 1.97. The normalized spacial score (nSPS) is 11.9. The van der Waals surface area contributed by atoms with Gasteiger partial charge in [0, 0.05) is 0 Å². The molecule has 0 saturated carbocycles. The Balaban J connectivity index is 3.53. The highest BCUT2D eigenvalue weighted by atomic mass is 35.5. The van der Waals surface area contributed by atoms with Crippen LogP contribution in [0.4, 0.5) is 23.4 Å². The van der Waals surface area contributed by atoms with Gasteiger partial charge in [0.1, 0.15) is 0 Å². The van der Waals surface area contributed by atoms with Crippen molar-refractivity contribution in [1.29, 1.82) is 0 Å². The molecule has 7 heteroatoms. The van der Waals surface area contributed by atoms with Crippen LogP contribution in [0.25, 0.3) is 0 Å². The molecule has 0 aliphatic rings. The van der Waals surface area contributed by atoms with Gasteiger partial charge in [-0.2, -0.15) is 13.2 Å². The fourth-order valence-electron chi connectivity index (χ4n) is 0.996. The van der Waals surface area contributed by atoms with E-state index in [1.807, 2.05) is 0 Å². The summed E-state index contributed by atoms with van der Waals surface area (Å²) in [5, 5.41) is -1.04. The zero-order valence-corrected chi connectivity index (χ0v) is 7.67. The number of nitrogen functional groups attached to an aromatic ring is 1. The maximum atomic E-state index is 12.9. The molecule has 0 amide bonds. The third-order valence-electron chi connectivity index (χ3n) is 1.57. The Morgan fingerprint density at radius 3 is 2.29 bits per heavy atom. The van der Waals surface area contributed by atoms with Gasteiger partial charge in [-0.3, -0.25) is 0 Å². The van der Waals surface area contributed by atoms with Gasteiger partial charge in [0.05, 0.1) is 16.3 Å². The maximum Gasteiger partial charge on any atom is 0.419 e. The van der Waals surface area contributed by atoms with E-state index in [-0.39, 0.29) is 0 Å². The first kappa shape index (κ1) is 11.0. The third-order valence-corrected chi connectivity index (χ3v) is 1.93. The minimum atomic E-state index is -4.73. The van der Waals surface area contributed by atoms with E-state index >= 15 is 0 Å². The second-order valence-electron chi connectivity index (χ2n) is 2.58. The highest BCUT2D eigenvalue weighted by Gasteiger charge is 2.37. The van der Waals surface area contributed by atoms with Crippen LogP contribution in [0, 0.1) is 12.7 Å². The molecule has 1 rings (SSSR count). The Hall–Kier alpha value is -1.04. The van der Waals surface area contributed by atoms with E-state index in [1.54, 1.807) is 0 Å². The zero-order valence-electron chi connectivity index (χ0n) is 6.91. The summed E-state index contributed by atoms with van der Waals surface area (Å²) in [6.45, 7) is 1.06. The Bertz CT molecular complexity index is 375. The lowest BCUT2D eigenvalue weighted by molar-refractivity contribution is -0.138. The van der Waals surface area contributed by atoms with Crippen LogP contribution in [0.5, 0.6) is 0 Å². The van der Waals surface area contributed by atoms with E-state index in [1.165, 1.54) is 0 Å². The minimum absolute atomic E-state index is 0.443. The molecule has 1 aromatic rings. The van der Waals surface area contributed by atoms with Crippen LogP contribution in [-0.4, -0.2) is 4.98 Å². The van der Waals surface area contributed by atoms with E-state index in [0.29, 0.717) is 0 Å². The molecule has 0 bridgehead atoms. The summed E-state index contributed by atoms with van der Waals surface area (Å²) in [5.74, 6) is -1.98. The molecular weight excluding hydrogens is 224 g/mol. The number of alkyl halides is 3. The molecule has 1 heterocycles. The number of aromatic nitrogens is 1. The molecule has 0 saturated heterocycles. The second kappa shape index (κ2) is 3.27. The van der Waals surface area contributed by atoms with Crippen molar-refractivity contribution in [3.8, 4) is 0 Å². The summed E-state index contributed by atoms with van der Waals surface area (Å²) in [6, 6.07) is 0. The molecule has 2 N–H and O–H groups in total. The first-order valence-electron chi connectivity index (χ1n) is 3.43. The smallest absolute Gasteiger partial charge is 0.381 e. The van der Waals surface area contributed by atoms with Crippen molar-refractivity contribution in [1.82, 2.24) is 4.98 Å². The Labute approximate surface area is 81.7 Å². The summed E-state index contributed by atoms with van der Waals surface area (Å²) >= 11 is 5.17. The van der Waals surface area contributed by atoms with Crippen molar-refractivity contribution in [2.24, 2.45) is 0 Å². The topological polar surface area (TPSA) is 38.9 Å². The highest BCUT2D eigenvalue weighted by molar-refractivity contribution is 6.31. The number of nitrogens with zero attached hydrogens (tertiary/aromatic N) is 1. The lowest BCUT2D eigenvalue weighted by Gasteiger charge is -2.12. The Morgan fingerprint density at radius 1 is 1.36 bits per heavy atom. The molecule has 0 aliphatic carbocycles. The summed E-state index contributed by atoms with van der Waals surface area (Å²) in [5.41, 5.74) is 3.27. The number of anilines is 1. The van der Waals surface area contributed by atoms with Gasteiger partial charge in [-0.15, -0.1) is 0 Å². The molecule has 0 fully saturated rings. The predicted molar refractivity (Wildman–Crippen MR) is 43.4 cm³/mol. The van der Waals surface area contributed by atoms with Crippen LogP contribution in [0.3, 0.4) is 0 Å². The number of hydrogen-bond donors (Lipinski definition) is 1. The van der Waals surface area contributed by atoms with E-state index in [0.717, 1.165) is 6.92 Å². The van der Waals surface area contributed by atoms with Crippen LogP contribution in [0.1, 0.15) is 11.3 Å². The summed E-state index contributed by atoms with van der Waals surface area (Å²) < 4.78 is 49.8. The van der Waals surface area contributed by atoms with E-state index in [9.17, 15) is 17.6 Å². The predicted octanol–water partition coefficient (Wildman–Crippen LogP) is 2.78. The fourth-order valence-corrected chi connectivity index (χ4v) is 1.34. The van der Waals surface area contributed by atoms with Crippen molar-refractivity contribution in [3.05, 3.63) is 22.1 Å². The van der Waals surface area contributed by atoms with Gasteiger partial charge >= 0.3 is 6.18 Å². The SMILES string of the molecule is Cc1nc(N)c(F)c(Cl)c1C(F)(F)F. The van der Waals surface area contributed by atoms with E-state index in [4.69, 9.17) is 17.3 Å². The average molecular weight is 229 g/mol. The molecule has 0 spiro atoms. The van der Waals surface area contributed by atoms with Gasteiger partial charge < -0.3 is 5.73 Å². The number of rotatable bonds is 0. The molecule has 0 aliphatic heterocycles. The number of nitrogens with two attached hydrogens (primary N) is 1.